The Morgan fingerprint density at radius 1 is 1.18 bits per heavy atom. The monoisotopic (exact) mass is 526 g/mol. The number of ketones is 1. The lowest BCUT2D eigenvalue weighted by molar-refractivity contribution is -0.140. The zero-order chi connectivity index (χ0) is 27.5. The third-order valence-electron chi connectivity index (χ3n) is 6.73. The fraction of sp³-hybridized carbons (Fsp3) is 0.258. The van der Waals surface area contributed by atoms with Gasteiger partial charge in [0.25, 0.3) is 11.7 Å². The number of amides is 1. The number of carbonyl (C=O) groups is 2. The number of carbonyl (C=O) groups excluding carboxylic acids is 2. The van der Waals surface area contributed by atoms with E-state index in [2.05, 4.69) is 11.6 Å². The number of ether oxygens (including phenoxy) is 3. The Bertz CT molecular complexity index is 1450. The smallest absolute Gasteiger partial charge is 0.295 e. The summed E-state index contributed by atoms with van der Waals surface area (Å²) in [5.41, 5.74) is 2.76. The molecule has 39 heavy (non-hydrogen) atoms. The molecule has 0 spiro atoms. The van der Waals surface area contributed by atoms with Gasteiger partial charge in [0.1, 0.15) is 24.2 Å². The number of fused-ring (bicyclic) bond motifs is 1. The van der Waals surface area contributed by atoms with Crippen LogP contribution in [0.15, 0.2) is 79.2 Å². The average molecular weight is 527 g/mol. The Morgan fingerprint density at radius 3 is 2.77 bits per heavy atom. The first-order valence-electron chi connectivity index (χ1n) is 12.9. The van der Waals surface area contributed by atoms with Gasteiger partial charge in [-0.05, 0) is 66.9 Å². The number of rotatable bonds is 9. The number of aromatic nitrogens is 1. The molecule has 1 aromatic heterocycles. The van der Waals surface area contributed by atoms with Gasteiger partial charge < -0.3 is 24.2 Å². The lowest BCUT2D eigenvalue weighted by Gasteiger charge is -2.26. The number of aliphatic hydroxyl groups is 1. The first kappa shape index (κ1) is 26.0. The minimum absolute atomic E-state index is 0.0120. The van der Waals surface area contributed by atoms with E-state index in [0.29, 0.717) is 42.3 Å². The molecule has 2 aliphatic heterocycles. The van der Waals surface area contributed by atoms with Crippen LogP contribution >= 0.6 is 0 Å². The molecule has 0 bridgehead atoms. The Kier molecular flexibility index (Phi) is 7.36. The topological polar surface area (TPSA) is 98.2 Å². The maximum atomic E-state index is 13.5. The summed E-state index contributed by atoms with van der Waals surface area (Å²) < 4.78 is 17.4. The van der Waals surface area contributed by atoms with Gasteiger partial charge in [0.2, 0.25) is 0 Å². The van der Waals surface area contributed by atoms with E-state index in [1.165, 1.54) is 4.90 Å². The van der Waals surface area contributed by atoms with E-state index in [9.17, 15) is 14.7 Å². The van der Waals surface area contributed by atoms with Crippen molar-refractivity contribution in [3.63, 3.8) is 0 Å². The Labute approximate surface area is 227 Å². The highest BCUT2D eigenvalue weighted by Gasteiger charge is 2.46. The van der Waals surface area contributed by atoms with Gasteiger partial charge in [-0.2, -0.15) is 0 Å². The molecule has 0 saturated carbocycles. The van der Waals surface area contributed by atoms with Crippen LogP contribution in [0.3, 0.4) is 0 Å². The summed E-state index contributed by atoms with van der Waals surface area (Å²) in [5.74, 6) is 0.0401. The van der Waals surface area contributed by atoms with E-state index in [-0.39, 0.29) is 24.0 Å². The van der Waals surface area contributed by atoms with Crippen molar-refractivity contribution in [3.8, 4) is 17.2 Å². The van der Waals surface area contributed by atoms with Crippen molar-refractivity contribution in [1.29, 1.82) is 0 Å². The maximum Gasteiger partial charge on any atom is 0.295 e. The van der Waals surface area contributed by atoms with Crippen molar-refractivity contribution in [3.05, 3.63) is 101 Å². The van der Waals surface area contributed by atoms with Crippen molar-refractivity contribution in [1.82, 2.24) is 9.88 Å². The molecule has 3 aromatic rings. The van der Waals surface area contributed by atoms with Crippen LogP contribution in [0.4, 0.5) is 0 Å². The molecule has 1 fully saturated rings. The second kappa shape index (κ2) is 11.0. The van der Waals surface area contributed by atoms with Crippen molar-refractivity contribution in [2.24, 2.45) is 0 Å². The Balaban J connectivity index is 1.64. The number of hydrogen-bond acceptors (Lipinski definition) is 7. The van der Waals surface area contributed by atoms with Crippen molar-refractivity contribution in [2.45, 2.75) is 39.0 Å². The molecule has 5 rings (SSSR count). The van der Waals surface area contributed by atoms with Crippen molar-refractivity contribution < 1.29 is 28.9 Å². The van der Waals surface area contributed by atoms with Crippen LogP contribution in [0, 0.1) is 0 Å². The first-order chi connectivity index (χ1) is 18.9. The highest BCUT2D eigenvalue weighted by atomic mass is 16.5. The maximum absolute atomic E-state index is 13.5. The van der Waals surface area contributed by atoms with Crippen LogP contribution in [-0.2, 0) is 22.6 Å². The minimum atomic E-state index is -0.860. The quantitative estimate of drug-likeness (QED) is 0.182. The van der Waals surface area contributed by atoms with Crippen molar-refractivity contribution in [2.75, 3.05) is 13.2 Å². The molecule has 0 radical (unpaired) electrons. The normalized spacial score (nSPS) is 19.5. The molecule has 1 saturated heterocycles. The fourth-order valence-electron chi connectivity index (χ4n) is 5.03. The number of pyridine rings is 1. The van der Waals surface area contributed by atoms with Gasteiger partial charge >= 0.3 is 0 Å². The zero-order valence-electron chi connectivity index (χ0n) is 21.9. The molecule has 2 atom stereocenters. The summed E-state index contributed by atoms with van der Waals surface area (Å²) in [5, 5.41) is 11.5. The van der Waals surface area contributed by atoms with E-state index >= 15 is 0 Å². The van der Waals surface area contributed by atoms with Crippen LogP contribution in [0.1, 0.15) is 42.1 Å². The summed E-state index contributed by atoms with van der Waals surface area (Å²) >= 11 is 0. The molecule has 3 heterocycles. The van der Waals surface area contributed by atoms with Crippen LogP contribution in [0.2, 0.25) is 0 Å². The van der Waals surface area contributed by atoms with Crippen LogP contribution in [0.25, 0.3) is 5.76 Å². The molecule has 200 valence electrons. The predicted octanol–water partition coefficient (Wildman–Crippen LogP) is 4.99. The van der Waals surface area contributed by atoms with Gasteiger partial charge in [-0.1, -0.05) is 24.8 Å². The number of benzene rings is 2. The molecular weight excluding hydrogens is 496 g/mol. The second-order valence-corrected chi connectivity index (χ2v) is 9.48. The molecule has 0 aliphatic carbocycles. The first-order valence-corrected chi connectivity index (χ1v) is 12.9. The third kappa shape index (κ3) is 5.10. The van der Waals surface area contributed by atoms with E-state index < -0.39 is 17.7 Å². The summed E-state index contributed by atoms with van der Waals surface area (Å²) in [4.78, 5) is 32.5. The number of aliphatic hydroxyl groups excluding tert-OH is 1. The summed E-state index contributed by atoms with van der Waals surface area (Å²) in [7, 11) is 0. The van der Waals surface area contributed by atoms with Gasteiger partial charge in [0.05, 0.1) is 18.2 Å². The summed E-state index contributed by atoms with van der Waals surface area (Å²) in [6.07, 6.45) is 5.65. The standard InChI is InChI=1S/C31H30N2O6/c1-4-13-38-25-11-8-21(16-26(25)37-5-2)28-27(29(34)22-9-10-24-23(15-22)14-19(3)39-24)30(35)31(36)33(28)18-20-7-6-12-32-17-20/h4,6-12,15-17,19,28,34H,1,5,13-14,18H2,2-3H3/t19-,28+/m1/s1. The highest BCUT2D eigenvalue weighted by molar-refractivity contribution is 6.46. The van der Waals surface area contributed by atoms with E-state index in [4.69, 9.17) is 14.2 Å². The van der Waals surface area contributed by atoms with Gasteiger partial charge in [0, 0.05) is 30.9 Å². The summed E-state index contributed by atoms with van der Waals surface area (Å²) in [6.45, 7) is 8.33. The molecule has 0 unspecified atom stereocenters. The van der Waals surface area contributed by atoms with Crippen molar-refractivity contribution >= 4 is 17.4 Å². The Morgan fingerprint density at radius 2 is 2.03 bits per heavy atom. The lowest BCUT2D eigenvalue weighted by Crippen LogP contribution is -2.29. The van der Waals surface area contributed by atoms with E-state index in [1.807, 2.05) is 26.0 Å². The number of hydrogen-bond donors (Lipinski definition) is 1. The molecule has 8 heteroatoms. The van der Waals surface area contributed by atoms with Gasteiger partial charge in [-0.3, -0.25) is 14.6 Å². The summed E-state index contributed by atoms with van der Waals surface area (Å²) in [6, 6.07) is 13.3. The molecular formula is C31H30N2O6. The minimum Gasteiger partial charge on any atom is -0.507 e. The van der Waals surface area contributed by atoms with Gasteiger partial charge in [-0.15, -0.1) is 0 Å². The fourth-order valence-corrected chi connectivity index (χ4v) is 5.03. The molecule has 2 aromatic carbocycles. The van der Waals surface area contributed by atoms with Crippen LogP contribution in [0.5, 0.6) is 17.2 Å². The molecule has 1 amide bonds. The van der Waals surface area contributed by atoms with Crippen LogP contribution < -0.4 is 14.2 Å². The van der Waals surface area contributed by atoms with E-state index in [1.54, 1.807) is 54.9 Å². The zero-order valence-corrected chi connectivity index (χ0v) is 21.9. The van der Waals surface area contributed by atoms with Crippen LogP contribution in [-0.4, -0.2) is 46.0 Å². The highest BCUT2D eigenvalue weighted by Crippen LogP contribution is 2.43. The van der Waals surface area contributed by atoms with E-state index in [0.717, 1.165) is 16.9 Å². The molecule has 1 N–H and O–H groups in total. The third-order valence-corrected chi connectivity index (χ3v) is 6.73. The number of likely N-dealkylation sites (tertiary alicyclic amines) is 1. The lowest BCUT2D eigenvalue weighted by atomic mass is 9.94. The number of Topliss-reactive ketones (excluding diaryl/α,β-unsaturated/α-hetero) is 1. The Hall–Kier alpha value is -4.59. The SMILES string of the molecule is C=CCOc1ccc([C@H]2C(=C(O)c3ccc4c(c3)C[C@@H](C)O4)C(=O)C(=O)N2Cc2cccnc2)cc1OCC. The van der Waals surface area contributed by atoms with Gasteiger partial charge in [0.15, 0.2) is 11.5 Å². The van der Waals surface area contributed by atoms with Gasteiger partial charge in [-0.25, -0.2) is 0 Å². The second-order valence-electron chi connectivity index (χ2n) is 9.48. The molecule has 2 aliphatic rings. The largest absolute Gasteiger partial charge is 0.507 e. The molecule has 8 nitrogen and oxygen atoms in total. The average Bonchev–Trinajstić information content (AvgIpc) is 3.43. The number of nitrogens with zero attached hydrogens (tertiary/aromatic N) is 2. The predicted molar refractivity (Wildman–Crippen MR) is 146 cm³/mol.